The van der Waals surface area contributed by atoms with Gasteiger partial charge < -0.3 is 9.64 Å². The molecule has 0 unspecified atom stereocenters. The number of ether oxygens (including phenoxy) is 1. The molecule has 0 N–H and O–H groups in total. The van der Waals surface area contributed by atoms with E-state index in [4.69, 9.17) is 9.72 Å². The number of likely N-dealkylation sites (N-methyl/N-ethyl adjacent to an activating group) is 1. The third-order valence-corrected chi connectivity index (χ3v) is 9.45. The van der Waals surface area contributed by atoms with Gasteiger partial charge in [-0.15, -0.1) is 0 Å². The van der Waals surface area contributed by atoms with Gasteiger partial charge in [-0.05, 0) is 68.2 Å². The molecular weight excluding hydrogens is 544 g/mol. The van der Waals surface area contributed by atoms with Crippen LogP contribution in [0.25, 0.3) is 10.2 Å². The number of aromatic nitrogens is 1. The molecule has 0 aliphatic heterocycles. The molecule has 220 valence electrons. The molecule has 1 amide bonds. The second-order valence-electron chi connectivity index (χ2n) is 10.7. The summed E-state index contributed by atoms with van der Waals surface area (Å²) in [5.41, 5.74) is 1.16. The number of hydrogen-bond acceptors (Lipinski definition) is 7. The lowest BCUT2D eigenvalue weighted by molar-refractivity contribution is 0.0983. The van der Waals surface area contributed by atoms with Crippen LogP contribution in [0.1, 0.15) is 58.8 Å². The molecule has 3 rings (SSSR count). The van der Waals surface area contributed by atoms with Crippen molar-refractivity contribution in [2.75, 3.05) is 50.8 Å². The first-order chi connectivity index (χ1) is 19.0. The third kappa shape index (κ3) is 7.81. The Balaban J connectivity index is 1.96. The molecule has 3 aromatic rings. The van der Waals surface area contributed by atoms with Crippen molar-refractivity contribution >= 4 is 42.6 Å². The van der Waals surface area contributed by atoms with Gasteiger partial charge in [0.15, 0.2) is 5.13 Å². The number of rotatable bonds is 15. The Hall–Kier alpha value is -2.53. The summed E-state index contributed by atoms with van der Waals surface area (Å²) in [6.45, 7) is 18.5. The van der Waals surface area contributed by atoms with Gasteiger partial charge in [0.2, 0.25) is 10.0 Å². The van der Waals surface area contributed by atoms with Crippen molar-refractivity contribution in [1.82, 2.24) is 14.2 Å². The number of nitrogens with zero attached hydrogens (tertiary/aromatic N) is 4. The molecule has 1 aromatic heterocycles. The van der Waals surface area contributed by atoms with Crippen LogP contribution in [0, 0.1) is 11.8 Å². The zero-order valence-corrected chi connectivity index (χ0v) is 26.5. The number of thiazole rings is 1. The molecule has 0 saturated carbocycles. The van der Waals surface area contributed by atoms with Crippen LogP contribution in [0.2, 0.25) is 0 Å². The highest BCUT2D eigenvalue weighted by Gasteiger charge is 2.27. The summed E-state index contributed by atoms with van der Waals surface area (Å²) in [5, 5.41) is 0.594. The maximum absolute atomic E-state index is 13.9. The SMILES string of the molecule is CCOc1cccc2sc(N(CCN(CC)CC)C(=O)c3ccc(S(=O)(=O)N(CC(C)C)CC(C)C)cc3)nc12. The van der Waals surface area contributed by atoms with E-state index in [0.717, 1.165) is 23.3 Å². The molecule has 1 heterocycles. The Bertz CT molecular complexity index is 1340. The minimum absolute atomic E-state index is 0.196. The first-order valence-corrected chi connectivity index (χ1v) is 16.4. The minimum atomic E-state index is -3.68. The fourth-order valence-electron chi connectivity index (χ4n) is 4.52. The van der Waals surface area contributed by atoms with Crippen molar-refractivity contribution in [3.8, 4) is 5.75 Å². The molecule has 0 atom stereocenters. The highest BCUT2D eigenvalue weighted by molar-refractivity contribution is 7.89. The van der Waals surface area contributed by atoms with E-state index in [1.807, 2.05) is 52.8 Å². The monoisotopic (exact) mass is 588 g/mol. The maximum Gasteiger partial charge on any atom is 0.260 e. The van der Waals surface area contributed by atoms with E-state index in [-0.39, 0.29) is 22.6 Å². The molecule has 0 aliphatic rings. The average molecular weight is 589 g/mol. The largest absolute Gasteiger partial charge is 0.492 e. The van der Waals surface area contributed by atoms with Crippen LogP contribution in [0.5, 0.6) is 5.75 Å². The molecule has 8 nitrogen and oxygen atoms in total. The number of hydrogen-bond donors (Lipinski definition) is 0. The molecule has 0 saturated heterocycles. The van der Waals surface area contributed by atoms with Gasteiger partial charge in [0, 0.05) is 31.7 Å². The van der Waals surface area contributed by atoms with E-state index in [2.05, 4.69) is 18.7 Å². The second-order valence-corrected chi connectivity index (χ2v) is 13.6. The fourth-order valence-corrected chi connectivity index (χ4v) is 7.30. The number of para-hydroxylation sites is 1. The van der Waals surface area contributed by atoms with Gasteiger partial charge in [-0.1, -0.05) is 58.9 Å². The van der Waals surface area contributed by atoms with Gasteiger partial charge in [0.1, 0.15) is 11.3 Å². The van der Waals surface area contributed by atoms with Crippen LogP contribution in [0.4, 0.5) is 5.13 Å². The molecule has 2 aromatic carbocycles. The topological polar surface area (TPSA) is 83.0 Å². The summed E-state index contributed by atoms with van der Waals surface area (Å²) in [7, 11) is -3.68. The number of amides is 1. The highest BCUT2D eigenvalue weighted by Crippen LogP contribution is 2.35. The molecule has 10 heteroatoms. The second kappa shape index (κ2) is 14.4. The van der Waals surface area contributed by atoms with Gasteiger partial charge in [-0.25, -0.2) is 13.4 Å². The fraction of sp³-hybridized carbons (Fsp3) is 0.533. The molecule has 0 spiro atoms. The normalized spacial score (nSPS) is 12.3. The lowest BCUT2D eigenvalue weighted by Gasteiger charge is -2.26. The smallest absolute Gasteiger partial charge is 0.260 e. The molecule has 0 fully saturated rings. The van der Waals surface area contributed by atoms with E-state index >= 15 is 0 Å². The summed E-state index contributed by atoms with van der Waals surface area (Å²) >= 11 is 1.45. The van der Waals surface area contributed by atoms with E-state index in [1.54, 1.807) is 33.5 Å². The van der Waals surface area contributed by atoms with Crippen LogP contribution in [-0.2, 0) is 10.0 Å². The van der Waals surface area contributed by atoms with Crippen LogP contribution in [0.15, 0.2) is 47.4 Å². The van der Waals surface area contributed by atoms with Crippen molar-refractivity contribution in [1.29, 1.82) is 0 Å². The Kier molecular flexibility index (Phi) is 11.5. The predicted octanol–water partition coefficient (Wildman–Crippen LogP) is 5.99. The number of benzene rings is 2. The third-order valence-electron chi connectivity index (χ3n) is 6.56. The van der Waals surface area contributed by atoms with Crippen molar-refractivity contribution in [3.63, 3.8) is 0 Å². The van der Waals surface area contributed by atoms with Crippen molar-refractivity contribution in [2.24, 2.45) is 11.8 Å². The van der Waals surface area contributed by atoms with Gasteiger partial charge >= 0.3 is 0 Å². The summed E-state index contributed by atoms with van der Waals surface area (Å²) in [6.07, 6.45) is 0. The Morgan fingerprint density at radius 3 is 2.10 bits per heavy atom. The van der Waals surface area contributed by atoms with Crippen molar-refractivity contribution in [3.05, 3.63) is 48.0 Å². The lowest BCUT2D eigenvalue weighted by atomic mass is 10.2. The molecule has 0 bridgehead atoms. The van der Waals surface area contributed by atoms with E-state index in [9.17, 15) is 13.2 Å². The first-order valence-electron chi connectivity index (χ1n) is 14.2. The van der Waals surface area contributed by atoms with Crippen molar-refractivity contribution in [2.45, 2.75) is 53.4 Å². The van der Waals surface area contributed by atoms with E-state index < -0.39 is 10.0 Å². The predicted molar refractivity (Wildman–Crippen MR) is 165 cm³/mol. The van der Waals surface area contributed by atoms with E-state index in [1.165, 1.54) is 11.3 Å². The van der Waals surface area contributed by atoms with Gasteiger partial charge in [0.25, 0.3) is 5.91 Å². The maximum atomic E-state index is 13.9. The lowest BCUT2D eigenvalue weighted by Crippen LogP contribution is -2.39. The highest BCUT2D eigenvalue weighted by atomic mass is 32.2. The number of anilines is 1. The van der Waals surface area contributed by atoms with Crippen molar-refractivity contribution < 1.29 is 17.9 Å². The van der Waals surface area contributed by atoms with Crippen LogP contribution >= 0.6 is 11.3 Å². The molecule has 0 radical (unpaired) electrons. The summed E-state index contributed by atoms with van der Waals surface area (Å²) in [6, 6.07) is 12.1. The van der Waals surface area contributed by atoms with Crippen LogP contribution in [0.3, 0.4) is 0 Å². The van der Waals surface area contributed by atoms with Gasteiger partial charge in [0.05, 0.1) is 16.2 Å². The standard InChI is InChI=1S/C30H44N4O4S2/c1-8-32(9-2)18-19-34(30-31-28-26(38-10-3)12-11-13-27(28)39-30)29(35)24-14-16-25(17-15-24)40(36,37)33(20-22(4)5)21-23(6)7/h11-17,22-23H,8-10,18-21H2,1-7H3. The molecule has 40 heavy (non-hydrogen) atoms. The Labute approximate surface area is 244 Å². The van der Waals surface area contributed by atoms with Crippen LogP contribution in [-0.4, -0.2) is 74.4 Å². The van der Waals surface area contributed by atoms with Gasteiger partial charge in [-0.3, -0.25) is 9.69 Å². The number of carbonyl (C=O) groups excluding carboxylic acids is 1. The quantitative estimate of drug-likeness (QED) is 0.217. The Morgan fingerprint density at radius 1 is 0.925 bits per heavy atom. The average Bonchev–Trinajstić information content (AvgIpc) is 3.35. The molecular formula is C30H44N4O4S2. The molecule has 0 aliphatic carbocycles. The number of sulfonamides is 1. The Morgan fingerprint density at radius 2 is 1.55 bits per heavy atom. The first kappa shape index (κ1) is 32.0. The zero-order chi connectivity index (χ0) is 29.4. The van der Waals surface area contributed by atoms with Gasteiger partial charge in [-0.2, -0.15) is 4.31 Å². The zero-order valence-electron chi connectivity index (χ0n) is 24.9. The van der Waals surface area contributed by atoms with Crippen LogP contribution < -0.4 is 9.64 Å². The summed E-state index contributed by atoms with van der Waals surface area (Å²) in [4.78, 5) is 22.9. The summed E-state index contributed by atoms with van der Waals surface area (Å²) < 4.78 is 35.2. The minimum Gasteiger partial charge on any atom is -0.492 e. The number of fused-ring (bicyclic) bond motifs is 1. The summed E-state index contributed by atoms with van der Waals surface area (Å²) in [5.74, 6) is 0.881. The van der Waals surface area contributed by atoms with E-state index in [0.29, 0.717) is 49.2 Å². The number of carbonyl (C=O) groups is 1.